The molecule has 0 aliphatic carbocycles. The highest BCUT2D eigenvalue weighted by Crippen LogP contribution is 2.23. The van der Waals surface area contributed by atoms with Gasteiger partial charge in [-0.1, -0.05) is 12.8 Å². The van der Waals surface area contributed by atoms with Gasteiger partial charge in [-0.25, -0.2) is 0 Å². The molecule has 26 heavy (non-hydrogen) atoms. The molecule has 2 saturated heterocycles. The van der Waals surface area contributed by atoms with Crippen LogP contribution in [-0.2, 0) is 17.8 Å². The van der Waals surface area contributed by atoms with Gasteiger partial charge in [0.25, 0.3) is 0 Å². The van der Waals surface area contributed by atoms with Crippen molar-refractivity contribution in [2.75, 3.05) is 45.8 Å². The summed E-state index contributed by atoms with van der Waals surface area (Å²) < 4.78 is 2.29. The van der Waals surface area contributed by atoms with Crippen LogP contribution in [0.5, 0.6) is 0 Å². The van der Waals surface area contributed by atoms with Crippen LogP contribution in [0.2, 0.25) is 0 Å². The maximum atomic E-state index is 12.8. The van der Waals surface area contributed by atoms with Crippen molar-refractivity contribution >= 4 is 5.91 Å². The van der Waals surface area contributed by atoms with Crippen LogP contribution in [0.3, 0.4) is 0 Å². The van der Waals surface area contributed by atoms with E-state index < -0.39 is 0 Å². The molecule has 0 aromatic carbocycles. The smallest absolute Gasteiger partial charge is 0.236 e. The number of likely N-dealkylation sites (tertiary alicyclic amines) is 1. The fourth-order valence-electron chi connectivity index (χ4n) is 4.55. The summed E-state index contributed by atoms with van der Waals surface area (Å²) in [5, 5.41) is 12.4. The van der Waals surface area contributed by atoms with Crippen LogP contribution in [0.1, 0.15) is 56.1 Å². The molecule has 1 aromatic rings. The first-order valence-corrected chi connectivity index (χ1v) is 10.4. The summed E-state index contributed by atoms with van der Waals surface area (Å²) in [6.45, 7) is 7.22. The molecule has 144 valence electrons. The van der Waals surface area contributed by atoms with Gasteiger partial charge in [-0.3, -0.25) is 9.69 Å². The second kappa shape index (κ2) is 8.48. The lowest BCUT2D eigenvalue weighted by molar-refractivity contribution is -0.132. The normalized spacial score (nSPS) is 25.4. The Morgan fingerprint density at radius 1 is 1.00 bits per heavy atom. The van der Waals surface area contributed by atoms with Crippen LogP contribution in [0, 0.1) is 0 Å². The Kier molecular flexibility index (Phi) is 5.84. The van der Waals surface area contributed by atoms with Crippen LogP contribution in [-0.4, -0.2) is 76.3 Å². The van der Waals surface area contributed by atoms with Gasteiger partial charge in [-0.05, 0) is 45.3 Å². The van der Waals surface area contributed by atoms with Crippen molar-refractivity contribution in [3.63, 3.8) is 0 Å². The highest BCUT2D eigenvalue weighted by atomic mass is 16.2. The Hall–Kier alpha value is -1.47. The average molecular weight is 361 g/mol. The second-order valence-corrected chi connectivity index (χ2v) is 7.99. The number of hydrogen-bond acceptors (Lipinski definition) is 5. The van der Waals surface area contributed by atoms with E-state index in [0.717, 1.165) is 63.9 Å². The summed E-state index contributed by atoms with van der Waals surface area (Å²) in [5.74, 6) is 2.92. The third-order valence-electron chi connectivity index (χ3n) is 6.13. The summed E-state index contributed by atoms with van der Waals surface area (Å²) in [4.78, 5) is 17.2. The maximum Gasteiger partial charge on any atom is 0.236 e. The Labute approximate surface area is 156 Å². The molecule has 0 unspecified atom stereocenters. The van der Waals surface area contributed by atoms with E-state index in [-0.39, 0.29) is 5.91 Å². The SMILES string of the molecule is O=C(CN1CCCCCC1)N1CCc2nnc([C@@H]3CCCNC3)n2CC1. The van der Waals surface area contributed by atoms with Crippen LogP contribution in [0.4, 0.5) is 0 Å². The lowest BCUT2D eigenvalue weighted by atomic mass is 9.99. The van der Waals surface area contributed by atoms with Crippen LogP contribution in [0.15, 0.2) is 0 Å². The van der Waals surface area contributed by atoms with Gasteiger partial charge in [0.05, 0.1) is 6.54 Å². The molecule has 3 aliphatic heterocycles. The zero-order valence-electron chi connectivity index (χ0n) is 15.8. The van der Waals surface area contributed by atoms with Gasteiger partial charge in [0, 0.05) is 38.5 Å². The number of carbonyl (C=O) groups is 1. The molecular weight excluding hydrogens is 328 g/mol. The summed E-state index contributed by atoms with van der Waals surface area (Å²) >= 11 is 0. The number of amides is 1. The number of carbonyl (C=O) groups excluding carboxylic acids is 1. The fourth-order valence-corrected chi connectivity index (χ4v) is 4.55. The first kappa shape index (κ1) is 17.9. The third-order valence-corrected chi connectivity index (χ3v) is 6.13. The van der Waals surface area contributed by atoms with Crippen molar-refractivity contribution in [3.05, 3.63) is 11.6 Å². The molecule has 1 amide bonds. The van der Waals surface area contributed by atoms with E-state index in [4.69, 9.17) is 0 Å². The highest BCUT2D eigenvalue weighted by Gasteiger charge is 2.27. The highest BCUT2D eigenvalue weighted by molar-refractivity contribution is 5.78. The number of nitrogens with one attached hydrogen (secondary N) is 1. The third kappa shape index (κ3) is 4.09. The molecule has 3 aliphatic rings. The lowest BCUT2D eigenvalue weighted by Gasteiger charge is -2.26. The summed E-state index contributed by atoms with van der Waals surface area (Å²) in [5.41, 5.74) is 0. The molecule has 1 N–H and O–H groups in total. The molecule has 0 spiro atoms. The van der Waals surface area contributed by atoms with Gasteiger partial charge < -0.3 is 14.8 Å². The summed E-state index contributed by atoms with van der Waals surface area (Å²) in [6, 6.07) is 0. The largest absolute Gasteiger partial charge is 0.339 e. The number of hydrogen-bond donors (Lipinski definition) is 1. The molecule has 4 rings (SSSR count). The van der Waals surface area contributed by atoms with Gasteiger partial charge in [-0.15, -0.1) is 10.2 Å². The minimum Gasteiger partial charge on any atom is -0.339 e. The van der Waals surface area contributed by atoms with Crippen molar-refractivity contribution in [3.8, 4) is 0 Å². The van der Waals surface area contributed by atoms with Gasteiger partial charge in [0.1, 0.15) is 11.6 Å². The van der Waals surface area contributed by atoms with Gasteiger partial charge in [0.2, 0.25) is 5.91 Å². The van der Waals surface area contributed by atoms with Crippen molar-refractivity contribution in [1.82, 2.24) is 29.9 Å². The molecule has 7 heteroatoms. The maximum absolute atomic E-state index is 12.8. The molecule has 0 saturated carbocycles. The number of piperidine rings is 1. The van der Waals surface area contributed by atoms with E-state index in [1.54, 1.807) is 0 Å². The van der Waals surface area contributed by atoms with E-state index in [0.29, 0.717) is 12.5 Å². The molecule has 1 atom stereocenters. The van der Waals surface area contributed by atoms with Gasteiger partial charge >= 0.3 is 0 Å². The van der Waals surface area contributed by atoms with Gasteiger partial charge in [-0.2, -0.15) is 0 Å². The van der Waals surface area contributed by atoms with Crippen molar-refractivity contribution in [2.24, 2.45) is 0 Å². The van der Waals surface area contributed by atoms with Crippen LogP contribution in [0.25, 0.3) is 0 Å². The zero-order chi connectivity index (χ0) is 17.8. The molecule has 4 heterocycles. The molecule has 2 fully saturated rings. The predicted molar refractivity (Wildman–Crippen MR) is 100 cm³/mol. The monoisotopic (exact) mass is 360 g/mol. The first-order valence-electron chi connectivity index (χ1n) is 10.4. The molecule has 7 nitrogen and oxygen atoms in total. The fraction of sp³-hybridized carbons (Fsp3) is 0.842. The Morgan fingerprint density at radius 2 is 1.85 bits per heavy atom. The average Bonchev–Trinajstić information content (AvgIpc) is 2.83. The standard InChI is InChI=1S/C19H32N6O/c26-18(15-23-9-3-1-2-4-10-23)24-11-7-17-21-22-19(25(17)13-12-24)16-6-5-8-20-14-16/h16,20H,1-15H2/t16-/m1/s1. The second-order valence-electron chi connectivity index (χ2n) is 7.99. The van der Waals surface area contributed by atoms with E-state index >= 15 is 0 Å². The van der Waals surface area contributed by atoms with E-state index in [1.165, 1.54) is 38.5 Å². The number of rotatable bonds is 3. The van der Waals surface area contributed by atoms with Crippen LogP contribution >= 0.6 is 0 Å². The number of fused-ring (bicyclic) bond motifs is 1. The lowest BCUT2D eigenvalue weighted by Crippen LogP contribution is -2.42. The molecular formula is C19H32N6O. The Morgan fingerprint density at radius 3 is 2.62 bits per heavy atom. The summed E-state index contributed by atoms with van der Waals surface area (Å²) in [6.07, 6.45) is 8.28. The van der Waals surface area contributed by atoms with Crippen molar-refractivity contribution < 1.29 is 4.79 Å². The van der Waals surface area contributed by atoms with Crippen LogP contribution < -0.4 is 5.32 Å². The Balaban J connectivity index is 1.37. The minimum absolute atomic E-state index is 0.284. The minimum atomic E-state index is 0.284. The zero-order valence-corrected chi connectivity index (χ0v) is 15.8. The van der Waals surface area contributed by atoms with E-state index in [1.807, 2.05) is 4.90 Å². The van der Waals surface area contributed by atoms with Crippen molar-refractivity contribution in [1.29, 1.82) is 0 Å². The quantitative estimate of drug-likeness (QED) is 0.871. The molecule has 1 aromatic heterocycles. The molecule has 0 radical (unpaired) electrons. The Bertz CT molecular complexity index is 601. The number of aromatic nitrogens is 3. The number of nitrogens with zero attached hydrogens (tertiary/aromatic N) is 5. The summed E-state index contributed by atoms with van der Waals surface area (Å²) in [7, 11) is 0. The van der Waals surface area contributed by atoms with Gasteiger partial charge in [0.15, 0.2) is 0 Å². The predicted octanol–water partition coefficient (Wildman–Crippen LogP) is 1.01. The van der Waals surface area contributed by atoms with E-state index in [2.05, 4.69) is 25.0 Å². The first-order chi connectivity index (χ1) is 12.8. The van der Waals surface area contributed by atoms with Crippen molar-refractivity contribution in [2.45, 2.75) is 57.4 Å². The molecule has 0 bridgehead atoms. The van der Waals surface area contributed by atoms with E-state index in [9.17, 15) is 4.79 Å². The topological polar surface area (TPSA) is 66.3 Å².